The molecule has 1 atom stereocenters. The molecule has 0 bridgehead atoms. The van der Waals surface area contributed by atoms with E-state index in [-0.39, 0.29) is 0 Å². The highest BCUT2D eigenvalue weighted by Gasteiger charge is 2.21. The predicted molar refractivity (Wildman–Crippen MR) is 77.6 cm³/mol. The molecule has 0 aliphatic carbocycles. The summed E-state index contributed by atoms with van der Waals surface area (Å²) in [6, 6.07) is 10.4. The van der Waals surface area contributed by atoms with Crippen molar-refractivity contribution >= 4 is 0 Å². The van der Waals surface area contributed by atoms with E-state index in [4.69, 9.17) is 9.47 Å². The van der Waals surface area contributed by atoms with Crippen LogP contribution >= 0.6 is 0 Å². The normalized spacial score (nSPS) is 18.2. The lowest BCUT2D eigenvalue weighted by molar-refractivity contribution is 0.0325. The minimum Gasteiger partial charge on any atom is -0.492 e. The molecule has 1 aromatic rings. The van der Waals surface area contributed by atoms with Crippen molar-refractivity contribution in [2.45, 2.75) is 32.2 Å². The monoisotopic (exact) mass is 263 g/mol. The van der Waals surface area contributed by atoms with Gasteiger partial charge in [-0.05, 0) is 45.0 Å². The zero-order valence-electron chi connectivity index (χ0n) is 11.9. The lowest BCUT2D eigenvalue weighted by Crippen LogP contribution is -2.45. The number of ether oxygens (including phenoxy) is 2. The molecule has 3 nitrogen and oxygen atoms in total. The fourth-order valence-electron chi connectivity index (χ4n) is 2.51. The van der Waals surface area contributed by atoms with Crippen LogP contribution in [0, 0.1) is 0 Å². The fourth-order valence-corrected chi connectivity index (χ4v) is 2.51. The average Bonchev–Trinajstić information content (AvgIpc) is 2.49. The van der Waals surface area contributed by atoms with Crippen molar-refractivity contribution < 1.29 is 9.47 Å². The molecule has 0 amide bonds. The molecule has 0 radical (unpaired) electrons. The Bertz CT molecular complexity index is 336. The Hall–Kier alpha value is -1.06. The van der Waals surface area contributed by atoms with Gasteiger partial charge in [-0.1, -0.05) is 24.6 Å². The number of likely N-dealkylation sites (tertiary alicyclic amines) is 1. The van der Waals surface area contributed by atoms with E-state index in [2.05, 4.69) is 4.90 Å². The zero-order valence-corrected chi connectivity index (χ0v) is 11.9. The summed E-state index contributed by atoms with van der Waals surface area (Å²) in [5.41, 5.74) is 0. The third-order valence-corrected chi connectivity index (χ3v) is 3.61. The van der Waals surface area contributed by atoms with Crippen LogP contribution in [0.15, 0.2) is 30.3 Å². The Kier molecular flexibility index (Phi) is 6.18. The van der Waals surface area contributed by atoms with Gasteiger partial charge in [-0.3, -0.25) is 4.90 Å². The second-order valence-corrected chi connectivity index (χ2v) is 5.03. The van der Waals surface area contributed by atoms with Gasteiger partial charge in [0.05, 0.1) is 12.6 Å². The van der Waals surface area contributed by atoms with Crippen molar-refractivity contribution in [2.75, 3.05) is 32.9 Å². The van der Waals surface area contributed by atoms with Gasteiger partial charge in [0.2, 0.25) is 0 Å². The van der Waals surface area contributed by atoms with Crippen LogP contribution in [0.3, 0.4) is 0 Å². The Morgan fingerprint density at radius 1 is 1.05 bits per heavy atom. The number of piperidine rings is 1. The van der Waals surface area contributed by atoms with Crippen LogP contribution in [0.5, 0.6) is 5.75 Å². The van der Waals surface area contributed by atoms with Gasteiger partial charge in [0, 0.05) is 6.61 Å². The Morgan fingerprint density at radius 2 is 1.79 bits per heavy atom. The van der Waals surface area contributed by atoms with E-state index >= 15 is 0 Å². The molecule has 1 fully saturated rings. The summed E-state index contributed by atoms with van der Waals surface area (Å²) in [4.78, 5) is 2.52. The molecule has 0 aromatic heterocycles. The Morgan fingerprint density at radius 3 is 2.47 bits per heavy atom. The second-order valence-electron chi connectivity index (χ2n) is 5.03. The van der Waals surface area contributed by atoms with Crippen LogP contribution in [0.25, 0.3) is 0 Å². The van der Waals surface area contributed by atoms with E-state index in [1.54, 1.807) is 0 Å². The summed E-state index contributed by atoms with van der Waals surface area (Å²) < 4.78 is 11.5. The molecular formula is C16H25NO2. The fraction of sp³-hybridized carbons (Fsp3) is 0.625. The smallest absolute Gasteiger partial charge is 0.119 e. The molecule has 3 heteroatoms. The summed E-state index contributed by atoms with van der Waals surface area (Å²) in [5, 5.41) is 0. The molecule has 1 aliphatic heterocycles. The molecule has 106 valence electrons. The number of hydrogen-bond acceptors (Lipinski definition) is 3. The van der Waals surface area contributed by atoms with Crippen LogP contribution in [0.4, 0.5) is 0 Å². The van der Waals surface area contributed by atoms with Crippen LogP contribution in [-0.2, 0) is 4.74 Å². The maximum atomic E-state index is 5.90. The highest BCUT2D eigenvalue weighted by atomic mass is 16.5. The van der Waals surface area contributed by atoms with Crippen molar-refractivity contribution in [1.29, 1.82) is 0 Å². The summed E-state index contributed by atoms with van der Waals surface area (Å²) >= 11 is 0. The van der Waals surface area contributed by atoms with Crippen molar-refractivity contribution in [3.8, 4) is 5.75 Å². The lowest BCUT2D eigenvalue weighted by atomic mass is 10.1. The molecule has 19 heavy (non-hydrogen) atoms. The van der Waals surface area contributed by atoms with Crippen LogP contribution in [0.2, 0.25) is 0 Å². The van der Waals surface area contributed by atoms with E-state index in [9.17, 15) is 0 Å². The van der Waals surface area contributed by atoms with Gasteiger partial charge in [-0.2, -0.15) is 0 Å². The van der Waals surface area contributed by atoms with Gasteiger partial charge < -0.3 is 9.47 Å². The first-order chi connectivity index (χ1) is 9.40. The van der Waals surface area contributed by atoms with E-state index < -0.39 is 0 Å². The van der Waals surface area contributed by atoms with Gasteiger partial charge in [-0.15, -0.1) is 0 Å². The lowest BCUT2D eigenvalue weighted by Gasteiger charge is -2.34. The van der Waals surface area contributed by atoms with Gasteiger partial charge in [0.15, 0.2) is 0 Å². The second kappa shape index (κ2) is 8.18. The number of hydrogen-bond donors (Lipinski definition) is 0. The molecule has 1 saturated heterocycles. The molecular weight excluding hydrogens is 238 g/mol. The molecule has 2 rings (SSSR count). The minimum absolute atomic E-state index is 0.375. The van der Waals surface area contributed by atoms with Gasteiger partial charge >= 0.3 is 0 Å². The van der Waals surface area contributed by atoms with Gasteiger partial charge in [0.25, 0.3) is 0 Å². The van der Waals surface area contributed by atoms with E-state index in [0.29, 0.717) is 12.6 Å². The van der Waals surface area contributed by atoms with Gasteiger partial charge in [-0.25, -0.2) is 0 Å². The molecule has 1 aliphatic rings. The van der Waals surface area contributed by atoms with E-state index in [1.165, 1.54) is 32.4 Å². The molecule has 1 heterocycles. The first-order valence-electron chi connectivity index (χ1n) is 7.40. The predicted octanol–water partition coefficient (Wildman–Crippen LogP) is 2.96. The minimum atomic E-state index is 0.375. The maximum absolute atomic E-state index is 5.90. The summed E-state index contributed by atoms with van der Waals surface area (Å²) in [7, 11) is 0. The quantitative estimate of drug-likeness (QED) is 0.755. The van der Waals surface area contributed by atoms with Crippen LogP contribution in [-0.4, -0.2) is 43.9 Å². The molecule has 0 spiro atoms. The first-order valence-corrected chi connectivity index (χ1v) is 7.40. The third-order valence-electron chi connectivity index (χ3n) is 3.61. The van der Waals surface area contributed by atoms with Crippen molar-refractivity contribution in [3.05, 3.63) is 30.3 Å². The standard InChI is InChI=1S/C16H25NO2/c1-2-18-13-15(17-11-7-4-8-12-17)14-19-16-9-5-3-6-10-16/h3,5-6,9-10,15H,2,4,7-8,11-14H2,1H3. The number of benzene rings is 1. The third kappa shape index (κ3) is 4.84. The maximum Gasteiger partial charge on any atom is 0.119 e. The average molecular weight is 263 g/mol. The molecule has 0 N–H and O–H groups in total. The van der Waals surface area contributed by atoms with E-state index in [1.807, 2.05) is 37.3 Å². The van der Waals surface area contributed by atoms with Crippen LogP contribution in [0.1, 0.15) is 26.2 Å². The molecule has 1 aromatic carbocycles. The number of nitrogens with zero attached hydrogens (tertiary/aromatic N) is 1. The highest BCUT2D eigenvalue weighted by molar-refractivity contribution is 5.20. The van der Waals surface area contributed by atoms with Crippen molar-refractivity contribution in [3.63, 3.8) is 0 Å². The number of para-hydroxylation sites is 1. The summed E-state index contributed by atoms with van der Waals surface area (Å²) in [6.45, 7) is 6.65. The van der Waals surface area contributed by atoms with Gasteiger partial charge in [0.1, 0.15) is 12.4 Å². The Balaban J connectivity index is 1.85. The topological polar surface area (TPSA) is 21.7 Å². The Labute approximate surface area is 116 Å². The molecule has 1 unspecified atom stereocenters. The number of rotatable bonds is 7. The molecule has 0 saturated carbocycles. The first kappa shape index (κ1) is 14.4. The summed E-state index contributed by atoms with van der Waals surface area (Å²) in [6.07, 6.45) is 3.96. The van der Waals surface area contributed by atoms with E-state index in [0.717, 1.165) is 19.0 Å². The van der Waals surface area contributed by atoms with Crippen molar-refractivity contribution in [1.82, 2.24) is 4.90 Å². The summed E-state index contributed by atoms with van der Waals surface area (Å²) in [5.74, 6) is 0.945. The SMILES string of the molecule is CCOCC(COc1ccccc1)N1CCCCC1. The largest absolute Gasteiger partial charge is 0.492 e. The highest BCUT2D eigenvalue weighted by Crippen LogP contribution is 2.15. The van der Waals surface area contributed by atoms with Crippen LogP contribution < -0.4 is 4.74 Å². The zero-order chi connectivity index (χ0) is 13.3. The van der Waals surface area contributed by atoms with Crippen molar-refractivity contribution in [2.24, 2.45) is 0 Å².